The predicted octanol–water partition coefficient (Wildman–Crippen LogP) is 7.35. The number of nitrogens with zero attached hydrogens (tertiary/aromatic N) is 1. The number of rotatable bonds is 12. The van der Waals surface area contributed by atoms with Gasteiger partial charge in [-0.1, -0.05) is 103 Å². The Kier molecular flexibility index (Phi) is 9.14. The summed E-state index contributed by atoms with van der Waals surface area (Å²) in [7, 11) is 0. The largest absolute Gasteiger partial charge is 0.489 e. The van der Waals surface area contributed by atoms with Crippen LogP contribution in [0.3, 0.4) is 0 Å². The van der Waals surface area contributed by atoms with E-state index in [0.717, 1.165) is 30.0 Å². The van der Waals surface area contributed by atoms with Crippen LogP contribution in [0.25, 0.3) is 5.70 Å². The van der Waals surface area contributed by atoms with E-state index >= 15 is 0 Å². The monoisotopic (exact) mass is 491 g/mol. The highest BCUT2D eigenvalue weighted by atomic mass is 16.5. The van der Waals surface area contributed by atoms with Gasteiger partial charge in [0.2, 0.25) is 0 Å². The molecule has 0 unspecified atom stereocenters. The van der Waals surface area contributed by atoms with E-state index in [1.165, 1.54) is 22.4 Å². The van der Waals surface area contributed by atoms with Crippen LogP contribution < -0.4 is 4.74 Å². The molecule has 0 amide bonds. The molecule has 4 heteroatoms. The molecule has 0 aliphatic carbocycles. The number of hydrogen-bond donors (Lipinski definition) is 1. The van der Waals surface area contributed by atoms with Crippen molar-refractivity contribution in [3.05, 3.63) is 143 Å². The van der Waals surface area contributed by atoms with Crippen LogP contribution in [0.4, 0.5) is 0 Å². The van der Waals surface area contributed by atoms with E-state index in [0.29, 0.717) is 13.0 Å². The number of aliphatic carboxylic acids is 1. The van der Waals surface area contributed by atoms with Crippen molar-refractivity contribution in [1.82, 2.24) is 4.90 Å². The maximum absolute atomic E-state index is 10.7. The summed E-state index contributed by atoms with van der Waals surface area (Å²) in [6, 6.07) is 37.3. The number of carboxylic acids is 1. The average molecular weight is 492 g/mol. The Hall–Kier alpha value is -4.31. The van der Waals surface area contributed by atoms with Gasteiger partial charge in [-0.15, -0.1) is 0 Å². The lowest BCUT2D eigenvalue weighted by Crippen LogP contribution is -2.21. The molecule has 0 aliphatic rings. The number of ether oxygens (including phenoxy) is 1. The summed E-state index contributed by atoms with van der Waals surface area (Å²) in [5.41, 5.74) is 7.02. The van der Waals surface area contributed by atoms with Crippen LogP contribution in [0, 0.1) is 0 Å². The number of carboxylic acid groups (broad SMARTS) is 1. The van der Waals surface area contributed by atoms with Gasteiger partial charge in [-0.25, -0.2) is 0 Å². The molecule has 1 N–H and O–H groups in total. The highest BCUT2D eigenvalue weighted by molar-refractivity contribution is 5.67. The van der Waals surface area contributed by atoms with Gasteiger partial charge < -0.3 is 14.7 Å². The average Bonchev–Trinajstić information content (AvgIpc) is 2.93. The third-order valence-corrected chi connectivity index (χ3v) is 6.25. The third kappa shape index (κ3) is 7.84. The van der Waals surface area contributed by atoms with Crippen LogP contribution in [0.5, 0.6) is 5.75 Å². The van der Waals surface area contributed by atoms with E-state index in [-0.39, 0.29) is 6.42 Å². The molecule has 0 atom stereocenters. The minimum Gasteiger partial charge on any atom is -0.489 e. The zero-order chi connectivity index (χ0) is 25.9. The first-order chi connectivity index (χ1) is 18.1. The minimum atomic E-state index is -0.783. The van der Waals surface area contributed by atoms with Crippen molar-refractivity contribution in [2.24, 2.45) is 0 Å². The summed E-state index contributed by atoms with van der Waals surface area (Å²) in [4.78, 5) is 13.2. The van der Waals surface area contributed by atoms with Gasteiger partial charge in [0.05, 0.1) is 0 Å². The summed E-state index contributed by atoms with van der Waals surface area (Å²) in [6.07, 6.45) is 2.85. The summed E-state index contributed by atoms with van der Waals surface area (Å²) in [5, 5.41) is 8.84. The van der Waals surface area contributed by atoms with Crippen molar-refractivity contribution in [3.63, 3.8) is 0 Å². The zero-order valence-corrected chi connectivity index (χ0v) is 21.2. The van der Waals surface area contributed by atoms with Gasteiger partial charge >= 0.3 is 5.97 Å². The molecule has 0 bridgehead atoms. The number of hydrogen-bond acceptors (Lipinski definition) is 3. The molecule has 4 nitrogen and oxygen atoms in total. The Morgan fingerprint density at radius 1 is 0.730 bits per heavy atom. The molecule has 0 aromatic heterocycles. The minimum absolute atomic E-state index is 0.135. The molecule has 0 radical (unpaired) electrons. The maximum atomic E-state index is 10.7. The Morgan fingerprint density at radius 2 is 1.27 bits per heavy atom. The Balaban J connectivity index is 1.41. The normalized spacial score (nSPS) is 11.2. The summed E-state index contributed by atoms with van der Waals surface area (Å²) in [5.74, 6) is -0.00765. The molecule has 37 heavy (non-hydrogen) atoms. The van der Waals surface area contributed by atoms with Gasteiger partial charge in [-0.3, -0.25) is 4.79 Å². The van der Waals surface area contributed by atoms with Crippen molar-refractivity contribution < 1.29 is 14.6 Å². The maximum Gasteiger partial charge on any atom is 0.303 e. The second-order valence-corrected chi connectivity index (χ2v) is 9.02. The van der Waals surface area contributed by atoms with Crippen LogP contribution in [0.15, 0.2) is 115 Å². The van der Waals surface area contributed by atoms with Crippen LogP contribution in [-0.2, 0) is 30.9 Å². The fourth-order valence-electron chi connectivity index (χ4n) is 4.30. The summed E-state index contributed by atoms with van der Waals surface area (Å²) < 4.78 is 5.95. The molecule has 4 rings (SSSR count). The van der Waals surface area contributed by atoms with Crippen molar-refractivity contribution in [1.29, 1.82) is 0 Å². The predicted molar refractivity (Wildman–Crippen MR) is 149 cm³/mol. The van der Waals surface area contributed by atoms with Crippen LogP contribution >= 0.6 is 0 Å². The van der Waals surface area contributed by atoms with Crippen LogP contribution in [0.1, 0.15) is 41.2 Å². The van der Waals surface area contributed by atoms with Crippen LogP contribution in [-0.4, -0.2) is 16.0 Å². The first-order valence-corrected chi connectivity index (χ1v) is 12.6. The second-order valence-electron chi connectivity index (χ2n) is 9.02. The van der Waals surface area contributed by atoms with Crippen molar-refractivity contribution >= 4 is 11.7 Å². The van der Waals surface area contributed by atoms with Gasteiger partial charge in [0.1, 0.15) is 12.4 Å². The Morgan fingerprint density at radius 3 is 1.86 bits per heavy atom. The number of carbonyl (C=O) groups is 1. The summed E-state index contributed by atoms with van der Waals surface area (Å²) >= 11 is 0. The second kappa shape index (κ2) is 13.1. The van der Waals surface area contributed by atoms with E-state index in [2.05, 4.69) is 96.8 Å². The first-order valence-electron chi connectivity index (χ1n) is 12.6. The molecule has 0 saturated heterocycles. The molecule has 4 aromatic rings. The number of allylic oxidation sites excluding steroid dienone is 1. The first kappa shape index (κ1) is 25.8. The SMILES string of the molecule is C/C=C(/c1ccccc1)N(Cc1ccccc1)Cc1ccc(COc2ccc(CCC(=O)O)cc2)cc1. The van der Waals surface area contributed by atoms with Crippen molar-refractivity contribution in [3.8, 4) is 5.75 Å². The fourth-order valence-corrected chi connectivity index (χ4v) is 4.30. The molecular formula is C33H33NO3. The standard InChI is InChI=1S/C33H33NO3/c1-2-32(30-11-7-4-8-12-30)34(23-27-9-5-3-6-10-27)24-28-13-15-29(16-14-28)25-37-31-20-17-26(18-21-31)19-22-33(35)36/h2-18,20-21H,19,22-25H2,1H3,(H,35,36)/b32-2-. The van der Waals surface area contributed by atoms with E-state index in [1.807, 2.05) is 30.3 Å². The van der Waals surface area contributed by atoms with Gasteiger partial charge in [0.25, 0.3) is 0 Å². The Labute approximate surface area is 219 Å². The fraction of sp³-hybridized carbons (Fsp3) is 0.182. The van der Waals surface area contributed by atoms with Gasteiger partial charge in [-0.05, 0) is 53.3 Å². The quantitative estimate of drug-likeness (QED) is 0.225. The molecule has 0 saturated carbocycles. The van der Waals surface area contributed by atoms with E-state index in [9.17, 15) is 4.79 Å². The molecule has 0 heterocycles. The van der Waals surface area contributed by atoms with Crippen molar-refractivity contribution in [2.75, 3.05) is 0 Å². The molecule has 0 aliphatic heterocycles. The Bertz CT molecular complexity index is 1280. The van der Waals surface area contributed by atoms with Crippen molar-refractivity contribution in [2.45, 2.75) is 39.5 Å². The number of aryl methyl sites for hydroxylation is 1. The number of benzene rings is 4. The summed E-state index contributed by atoms with van der Waals surface area (Å²) in [6.45, 7) is 4.19. The highest BCUT2D eigenvalue weighted by Crippen LogP contribution is 2.24. The van der Waals surface area contributed by atoms with E-state index in [4.69, 9.17) is 9.84 Å². The van der Waals surface area contributed by atoms with Gasteiger partial charge in [0, 0.05) is 25.2 Å². The molecule has 4 aromatic carbocycles. The third-order valence-electron chi connectivity index (χ3n) is 6.25. The van der Waals surface area contributed by atoms with Crippen LogP contribution in [0.2, 0.25) is 0 Å². The lowest BCUT2D eigenvalue weighted by Gasteiger charge is -2.28. The van der Waals surface area contributed by atoms with Gasteiger partial charge in [-0.2, -0.15) is 0 Å². The van der Waals surface area contributed by atoms with E-state index in [1.54, 1.807) is 0 Å². The lowest BCUT2D eigenvalue weighted by molar-refractivity contribution is -0.136. The highest BCUT2D eigenvalue weighted by Gasteiger charge is 2.13. The van der Waals surface area contributed by atoms with E-state index < -0.39 is 5.97 Å². The smallest absolute Gasteiger partial charge is 0.303 e. The molecule has 0 spiro atoms. The zero-order valence-electron chi connectivity index (χ0n) is 21.2. The van der Waals surface area contributed by atoms with Gasteiger partial charge in [0.15, 0.2) is 0 Å². The topological polar surface area (TPSA) is 49.8 Å². The molecular weight excluding hydrogens is 458 g/mol. The molecule has 0 fully saturated rings. The lowest BCUT2D eigenvalue weighted by atomic mass is 10.1. The molecule has 188 valence electrons.